The number of rotatable bonds is 4. The number of nitrogens with zero attached hydrogens (tertiary/aromatic N) is 1. The van der Waals surface area contributed by atoms with Gasteiger partial charge in [0.05, 0.1) is 5.25 Å². The smallest absolute Gasteiger partial charge is 0.246 e. The number of hydrogen-bond donors (Lipinski definition) is 2. The Morgan fingerprint density at radius 1 is 1.21 bits per heavy atom. The van der Waals surface area contributed by atoms with Gasteiger partial charge in [0.15, 0.2) is 0 Å². The van der Waals surface area contributed by atoms with Crippen LogP contribution in [-0.4, -0.2) is 45.9 Å². The molecule has 0 aromatic carbocycles. The summed E-state index contributed by atoms with van der Waals surface area (Å²) in [6, 6.07) is 0. The van der Waals surface area contributed by atoms with Gasteiger partial charge in [-0.15, -0.1) is 0 Å². The minimum Gasteiger partial charge on any atom is -0.289 e. The molecule has 1 aliphatic heterocycles. The zero-order valence-corrected chi connectivity index (χ0v) is 16.3. The first kappa shape index (κ1) is 22.9. The van der Waals surface area contributed by atoms with Gasteiger partial charge in [-0.05, 0) is 37.9 Å². The van der Waals surface area contributed by atoms with E-state index in [1.54, 1.807) is 5.48 Å². The van der Waals surface area contributed by atoms with Crippen molar-refractivity contribution in [1.82, 2.24) is 10.4 Å². The van der Waals surface area contributed by atoms with Gasteiger partial charge in [0.2, 0.25) is 17.7 Å². The van der Waals surface area contributed by atoms with E-state index in [1.165, 1.54) is 16.7 Å². The van der Waals surface area contributed by atoms with E-state index < -0.39 is 0 Å². The van der Waals surface area contributed by atoms with Crippen LogP contribution in [0, 0.1) is 11.8 Å². The summed E-state index contributed by atoms with van der Waals surface area (Å²) < 4.78 is 0. The molecule has 24 heavy (non-hydrogen) atoms. The molecule has 0 aromatic heterocycles. The van der Waals surface area contributed by atoms with Crippen LogP contribution in [0.1, 0.15) is 61.2 Å². The fourth-order valence-corrected chi connectivity index (χ4v) is 3.62. The van der Waals surface area contributed by atoms with E-state index in [-0.39, 0.29) is 36.2 Å². The molecule has 0 radical (unpaired) electrons. The SMILES string of the molecule is CC.CC.CSC1CC(=O)N(CC2CCC(C(=O)NO)CC2)C1=O.[HH]. The van der Waals surface area contributed by atoms with Gasteiger partial charge in [-0.1, -0.05) is 27.7 Å². The van der Waals surface area contributed by atoms with E-state index in [0.29, 0.717) is 25.8 Å². The molecule has 1 heterocycles. The van der Waals surface area contributed by atoms with E-state index in [9.17, 15) is 14.4 Å². The second kappa shape index (κ2) is 12.3. The summed E-state index contributed by atoms with van der Waals surface area (Å²) in [4.78, 5) is 36.6. The predicted molar refractivity (Wildman–Crippen MR) is 98.8 cm³/mol. The predicted octanol–water partition coefficient (Wildman–Crippen LogP) is 3.09. The molecule has 1 aliphatic carbocycles. The van der Waals surface area contributed by atoms with Crippen LogP contribution in [-0.2, 0) is 14.4 Å². The molecule has 0 bridgehead atoms. The second-order valence-corrected chi connectivity index (χ2v) is 6.51. The van der Waals surface area contributed by atoms with Crippen molar-refractivity contribution in [1.29, 1.82) is 0 Å². The fourth-order valence-electron chi connectivity index (χ4n) is 2.99. The first-order valence-corrected chi connectivity index (χ1v) is 10.2. The van der Waals surface area contributed by atoms with Crippen LogP contribution < -0.4 is 5.48 Å². The lowest BCUT2D eigenvalue weighted by Gasteiger charge is -2.29. The van der Waals surface area contributed by atoms with Gasteiger partial charge in [0, 0.05) is 20.3 Å². The first-order chi connectivity index (χ1) is 11.6. The lowest BCUT2D eigenvalue weighted by molar-refractivity contribution is -0.140. The fraction of sp³-hybridized carbons (Fsp3) is 0.824. The maximum atomic E-state index is 12.0. The molecular weight excluding hydrogens is 328 g/mol. The number of carbonyl (C=O) groups is 3. The highest BCUT2D eigenvalue weighted by Crippen LogP contribution is 2.31. The number of thioether (sulfide) groups is 1. The lowest BCUT2D eigenvalue weighted by Crippen LogP contribution is -2.38. The second-order valence-electron chi connectivity index (χ2n) is 5.46. The van der Waals surface area contributed by atoms with E-state index in [0.717, 1.165) is 12.8 Å². The van der Waals surface area contributed by atoms with Crippen molar-refractivity contribution >= 4 is 29.5 Å². The third-order valence-electron chi connectivity index (χ3n) is 4.26. The number of hydrogen-bond acceptors (Lipinski definition) is 5. The van der Waals surface area contributed by atoms with Gasteiger partial charge in [0.25, 0.3) is 0 Å². The van der Waals surface area contributed by atoms with Crippen LogP contribution >= 0.6 is 11.8 Å². The Morgan fingerprint density at radius 3 is 2.17 bits per heavy atom. The third kappa shape index (κ3) is 6.09. The van der Waals surface area contributed by atoms with Gasteiger partial charge in [-0.25, -0.2) is 5.48 Å². The first-order valence-electron chi connectivity index (χ1n) is 8.87. The summed E-state index contributed by atoms with van der Waals surface area (Å²) in [7, 11) is 0. The monoisotopic (exact) mass is 362 g/mol. The van der Waals surface area contributed by atoms with E-state index in [4.69, 9.17) is 5.21 Å². The lowest BCUT2D eigenvalue weighted by atomic mass is 9.81. The zero-order valence-electron chi connectivity index (χ0n) is 15.5. The molecule has 1 saturated heterocycles. The number of amides is 3. The van der Waals surface area contributed by atoms with Crippen LogP contribution in [0.2, 0.25) is 0 Å². The molecule has 2 fully saturated rings. The average molecular weight is 363 g/mol. The normalized spacial score (nSPS) is 26.1. The third-order valence-corrected chi connectivity index (χ3v) is 5.19. The van der Waals surface area contributed by atoms with E-state index >= 15 is 0 Å². The highest BCUT2D eigenvalue weighted by atomic mass is 32.2. The van der Waals surface area contributed by atoms with Gasteiger partial charge in [-0.3, -0.25) is 24.5 Å². The minimum atomic E-state index is -0.334. The Bertz CT molecular complexity index is 415. The largest absolute Gasteiger partial charge is 0.289 e. The molecule has 0 aromatic rings. The Balaban J connectivity index is 0. The Hall–Kier alpha value is -1.08. The van der Waals surface area contributed by atoms with Gasteiger partial charge >= 0.3 is 0 Å². The molecule has 3 amide bonds. The number of nitrogens with one attached hydrogen (secondary N) is 1. The Kier molecular flexibility index (Phi) is 11.8. The van der Waals surface area contributed by atoms with E-state index in [1.807, 2.05) is 34.0 Å². The average Bonchev–Trinajstić information content (AvgIpc) is 2.92. The van der Waals surface area contributed by atoms with Crippen molar-refractivity contribution < 1.29 is 21.0 Å². The topological polar surface area (TPSA) is 86.7 Å². The standard InChI is InChI=1S/C13H20N2O4S.2C2H6.H2/c1-20-10-6-11(16)15(13(10)18)7-8-2-4-9(5-3-8)12(17)14-19;2*1-2;/h8-10,19H,2-7H2,1H3,(H,14,17);2*1-2H3;1H. The van der Waals surface area contributed by atoms with Crippen LogP contribution in [0.15, 0.2) is 0 Å². The van der Waals surface area contributed by atoms with Crippen molar-refractivity contribution in [3.63, 3.8) is 0 Å². The van der Waals surface area contributed by atoms with Crippen LogP contribution in [0.25, 0.3) is 0 Å². The zero-order chi connectivity index (χ0) is 18.7. The summed E-state index contributed by atoms with van der Waals surface area (Å²) in [6.45, 7) is 8.47. The molecule has 2 N–H and O–H groups in total. The van der Waals surface area contributed by atoms with Crippen LogP contribution in [0.3, 0.4) is 0 Å². The molecule has 0 spiro atoms. The van der Waals surface area contributed by atoms with Crippen molar-refractivity contribution in [3.05, 3.63) is 0 Å². The number of imide groups is 1. The Morgan fingerprint density at radius 2 is 1.75 bits per heavy atom. The molecule has 6 nitrogen and oxygen atoms in total. The van der Waals surface area contributed by atoms with Crippen LogP contribution in [0.4, 0.5) is 0 Å². The summed E-state index contributed by atoms with van der Waals surface area (Å²) >= 11 is 1.42. The molecule has 2 aliphatic rings. The molecule has 1 unspecified atom stereocenters. The molecule has 7 heteroatoms. The molecule has 1 atom stereocenters. The number of likely N-dealkylation sites (tertiary alicyclic amines) is 1. The van der Waals surface area contributed by atoms with E-state index in [2.05, 4.69) is 0 Å². The van der Waals surface area contributed by atoms with Crippen molar-refractivity contribution in [2.45, 2.75) is 65.0 Å². The summed E-state index contributed by atoms with van der Waals surface area (Å²) in [5, 5.41) is 8.39. The van der Waals surface area contributed by atoms with Crippen molar-refractivity contribution in [2.24, 2.45) is 11.8 Å². The molecule has 2 rings (SSSR count). The minimum absolute atomic E-state index is 0. The summed E-state index contributed by atoms with van der Waals surface area (Å²) in [5.74, 6) is -0.368. The molecule has 142 valence electrons. The maximum Gasteiger partial charge on any atom is 0.246 e. The van der Waals surface area contributed by atoms with Gasteiger partial charge < -0.3 is 0 Å². The quantitative estimate of drug-likeness (QED) is 0.456. The summed E-state index contributed by atoms with van der Waals surface area (Å²) in [6.07, 6.45) is 5.15. The highest BCUT2D eigenvalue weighted by molar-refractivity contribution is 8.00. The van der Waals surface area contributed by atoms with Crippen molar-refractivity contribution in [2.75, 3.05) is 12.8 Å². The van der Waals surface area contributed by atoms with Crippen molar-refractivity contribution in [3.8, 4) is 0 Å². The highest BCUT2D eigenvalue weighted by Gasteiger charge is 2.39. The van der Waals surface area contributed by atoms with Crippen LogP contribution in [0.5, 0.6) is 0 Å². The maximum absolute atomic E-state index is 12.0. The number of hydroxylamine groups is 1. The van der Waals surface area contributed by atoms with Gasteiger partial charge in [0.1, 0.15) is 0 Å². The van der Waals surface area contributed by atoms with Gasteiger partial charge in [-0.2, -0.15) is 11.8 Å². The summed E-state index contributed by atoms with van der Waals surface area (Å²) in [5.41, 5.74) is 1.69. The molecule has 1 saturated carbocycles. The Labute approximate surface area is 151 Å². The number of carbonyl (C=O) groups excluding carboxylic acids is 3. The molecular formula is C17H34N2O4S.